The van der Waals surface area contributed by atoms with Crippen LogP contribution in [0.1, 0.15) is 24.8 Å². The van der Waals surface area contributed by atoms with Crippen LogP contribution in [-0.4, -0.2) is 20.7 Å². The molecule has 0 aliphatic heterocycles. The number of aryl methyl sites for hydroxylation is 2. The van der Waals surface area contributed by atoms with Crippen LogP contribution in [0.2, 0.25) is 0 Å². The van der Waals surface area contributed by atoms with Crippen LogP contribution in [-0.2, 0) is 6.54 Å². The first-order valence-electron chi connectivity index (χ1n) is 6.02. The molecule has 0 aromatic carbocycles. The lowest BCUT2D eigenvalue weighted by atomic mass is 10.2. The number of nitrogens with zero attached hydrogens (tertiary/aromatic N) is 3. The van der Waals surface area contributed by atoms with Gasteiger partial charge >= 0.3 is 6.18 Å². The summed E-state index contributed by atoms with van der Waals surface area (Å²) in [5.41, 5.74) is 8.02. The first-order chi connectivity index (χ1) is 8.87. The van der Waals surface area contributed by atoms with Gasteiger partial charge in [-0.3, -0.25) is 4.57 Å². The minimum absolute atomic E-state index is 0.0779. The summed E-state index contributed by atoms with van der Waals surface area (Å²) in [5, 5.41) is 0. The summed E-state index contributed by atoms with van der Waals surface area (Å²) < 4.78 is 37.8. The summed E-state index contributed by atoms with van der Waals surface area (Å²) in [5.74, 6) is 0.292. The Kier molecular flexibility index (Phi) is 3.64. The summed E-state index contributed by atoms with van der Waals surface area (Å²) in [7, 11) is 0. The number of pyridine rings is 1. The van der Waals surface area contributed by atoms with Crippen molar-refractivity contribution in [3.8, 4) is 0 Å². The molecule has 0 radical (unpaired) electrons. The highest BCUT2D eigenvalue weighted by atomic mass is 19.4. The van der Waals surface area contributed by atoms with E-state index in [1.165, 1.54) is 0 Å². The molecule has 7 heteroatoms. The first kappa shape index (κ1) is 13.6. The van der Waals surface area contributed by atoms with Crippen molar-refractivity contribution in [2.75, 3.05) is 5.73 Å². The maximum atomic E-state index is 12.0. The van der Waals surface area contributed by atoms with Gasteiger partial charge in [-0.1, -0.05) is 0 Å². The molecule has 0 saturated carbocycles. The maximum absolute atomic E-state index is 12.0. The van der Waals surface area contributed by atoms with E-state index in [4.69, 9.17) is 5.73 Å². The Balaban J connectivity index is 2.06. The molecule has 0 spiro atoms. The van der Waals surface area contributed by atoms with Gasteiger partial charge in [0.15, 0.2) is 5.65 Å². The lowest BCUT2D eigenvalue weighted by Gasteiger charge is -2.07. The quantitative estimate of drug-likeness (QED) is 0.870. The van der Waals surface area contributed by atoms with Gasteiger partial charge in [-0.05, 0) is 31.4 Å². The second-order valence-electron chi connectivity index (χ2n) is 4.55. The smallest absolute Gasteiger partial charge is 0.369 e. The Bertz CT molecular complexity index is 574. The molecule has 2 rings (SSSR count). The number of alkyl halides is 3. The molecule has 2 aromatic heterocycles. The fourth-order valence-corrected chi connectivity index (χ4v) is 1.94. The van der Waals surface area contributed by atoms with Gasteiger partial charge in [0.25, 0.3) is 0 Å². The van der Waals surface area contributed by atoms with Gasteiger partial charge in [0, 0.05) is 19.2 Å². The van der Waals surface area contributed by atoms with Gasteiger partial charge in [-0.15, -0.1) is 0 Å². The van der Waals surface area contributed by atoms with Crippen LogP contribution in [0.3, 0.4) is 0 Å². The Labute approximate surface area is 108 Å². The van der Waals surface area contributed by atoms with Gasteiger partial charge in [0.05, 0.1) is 0 Å². The molecule has 0 unspecified atom stereocenters. The van der Waals surface area contributed by atoms with E-state index in [1.54, 1.807) is 10.8 Å². The van der Waals surface area contributed by atoms with Gasteiger partial charge in [0.2, 0.25) is 5.95 Å². The molecular weight excluding hydrogens is 257 g/mol. The molecule has 4 nitrogen and oxygen atoms in total. The number of halogens is 3. The van der Waals surface area contributed by atoms with Gasteiger partial charge in [-0.2, -0.15) is 13.2 Å². The second kappa shape index (κ2) is 5.07. The van der Waals surface area contributed by atoms with Crippen molar-refractivity contribution < 1.29 is 13.2 Å². The molecule has 0 saturated heterocycles. The van der Waals surface area contributed by atoms with Crippen LogP contribution >= 0.6 is 0 Å². The largest absolute Gasteiger partial charge is 0.389 e. The van der Waals surface area contributed by atoms with E-state index in [-0.39, 0.29) is 6.42 Å². The third-order valence-electron chi connectivity index (χ3n) is 2.84. The second-order valence-corrected chi connectivity index (χ2v) is 4.55. The number of imidazole rings is 1. The highest BCUT2D eigenvalue weighted by Crippen LogP contribution is 2.23. The molecule has 0 fully saturated rings. The average Bonchev–Trinajstić information content (AvgIpc) is 2.58. The number of hydrogen-bond acceptors (Lipinski definition) is 3. The Hall–Kier alpha value is -1.79. The Morgan fingerprint density at radius 3 is 2.74 bits per heavy atom. The minimum Gasteiger partial charge on any atom is -0.369 e. The lowest BCUT2D eigenvalue weighted by molar-refractivity contribution is -0.135. The van der Waals surface area contributed by atoms with E-state index >= 15 is 0 Å². The van der Waals surface area contributed by atoms with Crippen molar-refractivity contribution in [2.24, 2.45) is 0 Å². The summed E-state index contributed by atoms with van der Waals surface area (Å²) in [6.45, 7) is 2.29. The highest BCUT2D eigenvalue weighted by molar-refractivity contribution is 5.74. The van der Waals surface area contributed by atoms with Crippen LogP contribution in [0.5, 0.6) is 0 Å². The van der Waals surface area contributed by atoms with Crippen LogP contribution in [0.15, 0.2) is 12.3 Å². The van der Waals surface area contributed by atoms with Gasteiger partial charge < -0.3 is 5.73 Å². The molecule has 104 valence electrons. The predicted octanol–water partition coefficient (Wildman–Crippen LogP) is 3.05. The van der Waals surface area contributed by atoms with Crippen LogP contribution in [0.4, 0.5) is 19.1 Å². The number of anilines is 1. The zero-order valence-electron chi connectivity index (χ0n) is 10.5. The van der Waals surface area contributed by atoms with E-state index in [2.05, 4.69) is 9.97 Å². The van der Waals surface area contributed by atoms with Crippen molar-refractivity contribution in [3.63, 3.8) is 0 Å². The number of unbranched alkanes of at least 4 members (excludes halogenated alkanes) is 1. The molecule has 2 aromatic rings. The zero-order valence-corrected chi connectivity index (χ0v) is 10.5. The molecule has 0 amide bonds. The molecular formula is C12H15F3N4. The molecule has 0 aliphatic carbocycles. The van der Waals surface area contributed by atoms with Crippen molar-refractivity contribution in [1.82, 2.24) is 14.5 Å². The average molecular weight is 272 g/mol. The number of rotatable bonds is 4. The summed E-state index contributed by atoms with van der Waals surface area (Å²) in [4.78, 5) is 8.38. The summed E-state index contributed by atoms with van der Waals surface area (Å²) in [6.07, 6.45) is -2.71. The van der Waals surface area contributed by atoms with Crippen molar-refractivity contribution >= 4 is 17.1 Å². The van der Waals surface area contributed by atoms with E-state index in [9.17, 15) is 13.2 Å². The minimum atomic E-state index is -4.10. The number of nitrogen functional groups attached to an aromatic ring is 1. The summed E-state index contributed by atoms with van der Waals surface area (Å²) in [6, 6.07) is 1.85. The molecule has 0 aliphatic rings. The van der Waals surface area contributed by atoms with E-state index in [1.807, 2.05) is 13.0 Å². The normalized spacial score (nSPS) is 12.2. The third-order valence-corrected chi connectivity index (χ3v) is 2.84. The van der Waals surface area contributed by atoms with Crippen molar-refractivity contribution in [1.29, 1.82) is 0 Å². The SMILES string of the molecule is Cc1cnc2c(c1)nc(N)n2CCCCC(F)(F)F. The Morgan fingerprint density at radius 2 is 2.05 bits per heavy atom. The molecule has 19 heavy (non-hydrogen) atoms. The maximum Gasteiger partial charge on any atom is 0.389 e. The molecule has 0 bridgehead atoms. The van der Waals surface area contributed by atoms with Crippen molar-refractivity contribution in [2.45, 2.75) is 38.9 Å². The first-order valence-corrected chi connectivity index (χ1v) is 6.02. The monoisotopic (exact) mass is 272 g/mol. The van der Waals surface area contributed by atoms with E-state index in [0.29, 0.717) is 30.1 Å². The standard InChI is InChI=1S/C12H15F3N4/c1-8-6-9-10(17-7-8)19(11(16)18-9)5-3-2-4-12(13,14)15/h6-7H,2-5H2,1H3,(H2,16,18). The molecule has 2 heterocycles. The summed E-state index contributed by atoms with van der Waals surface area (Å²) >= 11 is 0. The fraction of sp³-hybridized carbons (Fsp3) is 0.500. The molecule has 0 atom stereocenters. The van der Waals surface area contributed by atoms with Gasteiger partial charge in [-0.25, -0.2) is 9.97 Å². The molecule has 2 N–H and O–H groups in total. The van der Waals surface area contributed by atoms with Crippen LogP contribution in [0.25, 0.3) is 11.2 Å². The van der Waals surface area contributed by atoms with E-state index < -0.39 is 12.6 Å². The van der Waals surface area contributed by atoms with E-state index in [0.717, 1.165) is 5.56 Å². The lowest BCUT2D eigenvalue weighted by Crippen LogP contribution is -2.08. The topological polar surface area (TPSA) is 56.7 Å². The third kappa shape index (κ3) is 3.36. The zero-order chi connectivity index (χ0) is 14.0. The Morgan fingerprint density at radius 1 is 1.32 bits per heavy atom. The van der Waals surface area contributed by atoms with Gasteiger partial charge in [0.1, 0.15) is 5.52 Å². The van der Waals surface area contributed by atoms with Crippen molar-refractivity contribution in [3.05, 3.63) is 17.8 Å². The highest BCUT2D eigenvalue weighted by Gasteiger charge is 2.25. The predicted molar refractivity (Wildman–Crippen MR) is 66.6 cm³/mol. The number of hydrogen-bond donors (Lipinski definition) is 1. The number of aromatic nitrogens is 3. The van der Waals surface area contributed by atoms with Crippen LogP contribution < -0.4 is 5.73 Å². The number of nitrogens with two attached hydrogens (primary N) is 1. The fourth-order valence-electron chi connectivity index (χ4n) is 1.94. The number of fused-ring (bicyclic) bond motifs is 1. The van der Waals surface area contributed by atoms with Crippen LogP contribution in [0, 0.1) is 6.92 Å².